The van der Waals surface area contributed by atoms with Gasteiger partial charge < -0.3 is 0 Å². The summed E-state index contributed by atoms with van der Waals surface area (Å²) < 4.78 is 0. The van der Waals surface area contributed by atoms with Crippen molar-refractivity contribution in [3.63, 3.8) is 0 Å². The van der Waals surface area contributed by atoms with E-state index < -0.39 is 0 Å². The van der Waals surface area contributed by atoms with Crippen molar-refractivity contribution in [2.75, 3.05) is 0 Å². The molecule has 2 aromatic carbocycles. The molecule has 1 aliphatic carbocycles. The van der Waals surface area contributed by atoms with E-state index in [0.29, 0.717) is 10.6 Å². The standard InChI is InChI=1S/C25H36BP/c1-18-9-13-20(14-10-18)25(21-15-11-19(2)12-16-21)17-22(25)27-26(23(3,4)5)24(6,7)8/h9-16,22,27H,17H2,1-8H3. The van der Waals surface area contributed by atoms with E-state index in [9.17, 15) is 0 Å². The van der Waals surface area contributed by atoms with Crippen molar-refractivity contribution in [2.24, 2.45) is 0 Å². The highest BCUT2D eigenvalue weighted by Gasteiger charge is 2.58. The molecule has 3 rings (SSSR count). The summed E-state index contributed by atoms with van der Waals surface area (Å²) >= 11 is 0. The summed E-state index contributed by atoms with van der Waals surface area (Å²) in [6.07, 6.45) is 2.02. The number of rotatable bonds is 4. The minimum Gasteiger partial charge on any atom is -0.149 e. The second kappa shape index (κ2) is 7.07. The highest BCUT2D eigenvalue weighted by molar-refractivity contribution is 7.78. The molecule has 0 amide bonds. The maximum Gasteiger partial charge on any atom is 0.178 e. The fourth-order valence-electron chi connectivity index (χ4n) is 4.97. The highest BCUT2D eigenvalue weighted by Crippen LogP contribution is 2.66. The lowest BCUT2D eigenvalue weighted by atomic mass is 9.40. The lowest BCUT2D eigenvalue weighted by molar-refractivity contribution is 0.661. The van der Waals surface area contributed by atoms with Crippen LogP contribution in [0.15, 0.2) is 48.5 Å². The number of hydrogen-bond donors (Lipinski definition) is 0. The third kappa shape index (κ3) is 4.19. The van der Waals surface area contributed by atoms with Gasteiger partial charge in [-0.25, -0.2) is 0 Å². The van der Waals surface area contributed by atoms with Gasteiger partial charge in [0.15, 0.2) is 6.43 Å². The molecule has 1 fully saturated rings. The molecule has 2 unspecified atom stereocenters. The lowest BCUT2D eigenvalue weighted by Crippen LogP contribution is -2.32. The molecular weight excluding hydrogens is 342 g/mol. The summed E-state index contributed by atoms with van der Waals surface area (Å²) in [7, 11) is 0.991. The third-order valence-corrected chi connectivity index (χ3v) is 9.36. The fourth-order valence-corrected chi connectivity index (χ4v) is 7.43. The Bertz CT molecular complexity index is 716. The van der Waals surface area contributed by atoms with Crippen LogP contribution in [0.4, 0.5) is 0 Å². The molecule has 0 nitrogen and oxygen atoms in total. The quantitative estimate of drug-likeness (QED) is 0.379. The maximum absolute atomic E-state index is 2.43. The largest absolute Gasteiger partial charge is 0.178 e. The maximum atomic E-state index is 2.43. The van der Waals surface area contributed by atoms with Crippen LogP contribution in [0.3, 0.4) is 0 Å². The van der Waals surface area contributed by atoms with Gasteiger partial charge in [-0.3, -0.25) is 0 Å². The summed E-state index contributed by atoms with van der Waals surface area (Å²) in [5.41, 5.74) is 6.69. The molecule has 0 saturated heterocycles. The van der Waals surface area contributed by atoms with E-state index in [0.717, 1.165) is 20.6 Å². The average molecular weight is 378 g/mol. The second-order valence-corrected chi connectivity index (χ2v) is 12.4. The predicted molar refractivity (Wildman–Crippen MR) is 125 cm³/mol. The van der Waals surface area contributed by atoms with Crippen LogP contribution in [0.2, 0.25) is 10.6 Å². The van der Waals surface area contributed by atoms with Crippen LogP contribution in [0, 0.1) is 13.8 Å². The Kier molecular flexibility index (Phi) is 5.41. The van der Waals surface area contributed by atoms with E-state index in [1.54, 1.807) is 0 Å². The molecule has 2 heteroatoms. The number of benzene rings is 2. The van der Waals surface area contributed by atoms with Crippen LogP contribution in [-0.2, 0) is 5.41 Å². The smallest absolute Gasteiger partial charge is 0.149 e. The Hall–Kier alpha value is -1.07. The molecule has 0 radical (unpaired) electrons. The zero-order chi connectivity index (χ0) is 20.0. The van der Waals surface area contributed by atoms with Gasteiger partial charge in [-0.2, -0.15) is 0 Å². The first kappa shape index (κ1) is 20.7. The van der Waals surface area contributed by atoms with Crippen LogP contribution < -0.4 is 0 Å². The highest BCUT2D eigenvalue weighted by atomic mass is 31.1. The third-order valence-electron chi connectivity index (χ3n) is 6.19. The monoisotopic (exact) mass is 378 g/mol. The molecule has 0 N–H and O–H groups in total. The van der Waals surface area contributed by atoms with Crippen LogP contribution in [-0.4, -0.2) is 12.1 Å². The van der Waals surface area contributed by atoms with E-state index in [-0.39, 0.29) is 5.41 Å². The Balaban J connectivity index is 1.99. The molecule has 2 aromatic rings. The first-order chi connectivity index (χ1) is 12.4. The summed E-state index contributed by atoms with van der Waals surface area (Å²) in [4.78, 5) is 0. The summed E-state index contributed by atoms with van der Waals surface area (Å²) in [5, 5.41) is 0.678. The van der Waals surface area contributed by atoms with Gasteiger partial charge in [0.25, 0.3) is 0 Å². The first-order valence-electron chi connectivity index (χ1n) is 10.3. The van der Waals surface area contributed by atoms with Gasteiger partial charge in [-0.1, -0.05) is 112 Å². The summed E-state index contributed by atoms with van der Waals surface area (Å²) in [6, 6.07) is 18.7. The Labute approximate surface area is 169 Å². The van der Waals surface area contributed by atoms with Crippen molar-refractivity contribution < 1.29 is 0 Å². The fraction of sp³-hybridized carbons (Fsp3) is 0.520. The van der Waals surface area contributed by atoms with Gasteiger partial charge in [0, 0.05) is 5.41 Å². The van der Waals surface area contributed by atoms with E-state index in [1.165, 1.54) is 28.7 Å². The average Bonchev–Trinajstić information content (AvgIpc) is 3.27. The molecule has 0 bridgehead atoms. The van der Waals surface area contributed by atoms with Crippen molar-refractivity contribution in [1.82, 2.24) is 0 Å². The SMILES string of the molecule is Cc1ccc(C2(c3ccc(C)cc3)CC2PB(C(C)(C)C)C(C)(C)C)cc1. The first-order valence-corrected chi connectivity index (χ1v) is 11.5. The van der Waals surface area contributed by atoms with Crippen LogP contribution >= 0.6 is 8.46 Å². The zero-order valence-corrected chi connectivity index (χ0v) is 19.5. The Morgan fingerprint density at radius 3 is 1.44 bits per heavy atom. The van der Waals surface area contributed by atoms with E-state index in [4.69, 9.17) is 0 Å². The number of hydrogen-bond acceptors (Lipinski definition) is 0. The summed E-state index contributed by atoms with van der Waals surface area (Å²) in [6.45, 7) is 18.9. The van der Waals surface area contributed by atoms with Crippen LogP contribution in [0.5, 0.6) is 0 Å². The normalized spacial score (nSPS) is 19.5. The van der Waals surface area contributed by atoms with Crippen LogP contribution in [0.25, 0.3) is 0 Å². The molecule has 1 saturated carbocycles. The molecule has 144 valence electrons. The van der Waals surface area contributed by atoms with Crippen LogP contribution in [0.1, 0.15) is 70.2 Å². The molecule has 0 aromatic heterocycles. The minimum atomic E-state index is 0.217. The topological polar surface area (TPSA) is 0 Å². The molecule has 2 atom stereocenters. The summed E-state index contributed by atoms with van der Waals surface area (Å²) in [5.74, 6) is 0. The van der Waals surface area contributed by atoms with Gasteiger partial charge in [-0.05, 0) is 37.1 Å². The molecular formula is C25H36BP. The van der Waals surface area contributed by atoms with Crippen molar-refractivity contribution in [1.29, 1.82) is 0 Å². The van der Waals surface area contributed by atoms with Gasteiger partial charge in [-0.15, -0.1) is 8.46 Å². The lowest BCUT2D eigenvalue weighted by Gasteiger charge is -2.38. The van der Waals surface area contributed by atoms with Gasteiger partial charge in [0.2, 0.25) is 0 Å². The van der Waals surface area contributed by atoms with Crippen molar-refractivity contribution in [2.45, 2.75) is 83.5 Å². The Morgan fingerprint density at radius 1 is 0.741 bits per heavy atom. The molecule has 0 spiro atoms. The van der Waals surface area contributed by atoms with Crippen molar-refractivity contribution in [3.05, 3.63) is 70.8 Å². The van der Waals surface area contributed by atoms with E-state index >= 15 is 0 Å². The second-order valence-electron chi connectivity index (χ2n) is 10.8. The van der Waals surface area contributed by atoms with Gasteiger partial charge in [0.05, 0.1) is 0 Å². The molecule has 0 heterocycles. The minimum absolute atomic E-state index is 0.217. The van der Waals surface area contributed by atoms with E-state index in [2.05, 4.69) is 104 Å². The van der Waals surface area contributed by atoms with Gasteiger partial charge >= 0.3 is 0 Å². The molecule has 1 aliphatic rings. The number of aryl methyl sites for hydroxylation is 2. The van der Waals surface area contributed by atoms with Crippen molar-refractivity contribution in [3.8, 4) is 0 Å². The molecule has 27 heavy (non-hydrogen) atoms. The zero-order valence-electron chi connectivity index (χ0n) is 18.5. The van der Waals surface area contributed by atoms with E-state index in [1.807, 2.05) is 0 Å². The molecule has 0 aliphatic heterocycles. The Morgan fingerprint density at radius 2 is 1.11 bits per heavy atom. The predicted octanol–water partition coefficient (Wildman–Crippen LogP) is 7.63. The van der Waals surface area contributed by atoms with Gasteiger partial charge in [0.1, 0.15) is 0 Å². The van der Waals surface area contributed by atoms with Crippen molar-refractivity contribution >= 4 is 14.9 Å².